The van der Waals surface area contributed by atoms with E-state index in [1.165, 1.54) is 23.1 Å². The minimum atomic E-state index is -0.514. The summed E-state index contributed by atoms with van der Waals surface area (Å²) in [6, 6.07) is 14.2. The maximum Gasteiger partial charge on any atom is 0.242 e. The van der Waals surface area contributed by atoms with Gasteiger partial charge in [0.25, 0.3) is 0 Å². The van der Waals surface area contributed by atoms with E-state index in [1.807, 2.05) is 31.2 Å². The number of benzene rings is 2. The quantitative estimate of drug-likeness (QED) is 0.421. The van der Waals surface area contributed by atoms with E-state index in [0.29, 0.717) is 12.3 Å². The first-order valence-corrected chi connectivity index (χ1v) is 13.8. The Hall–Kier alpha value is -1.79. The lowest BCUT2D eigenvalue weighted by Crippen LogP contribution is -2.50. The van der Waals surface area contributed by atoms with Crippen LogP contribution in [0.2, 0.25) is 0 Å². The summed E-state index contributed by atoms with van der Waals surface area (Å²) >= 11 is 5.12. The van der Waals surface area contributed by atoms with E-state index in [2.05, 4.69) is 53.3 Å². The average molecular weight is 532 g/mol. The Kier molecular flexibility index (Phi) is 9.87. The predicted octanol–water partition coefficient (Wildman–Crippen LogP) is 6.17. The van der Waals surface area contributed by atoms with Gasteiger partial charge in [-0.05, 0) is 56.9 Å². The molecule has 6 heteroatoms. The fraction of sp³-hybridized carbons (Fsp3) is 0.481. The van der Waals surface area contributed by atoms with Crippen LogP contribution in [0, 0.1) is 13.8 Å². The smallest absolute Gasteiger partial charge is 0.242 e. The highest BCUT2D eigenvalue weighted by Crippen LogP contribution is 2.21. The molecule has 1 N–H and O–H groups in total. The Morgan fingerprint density at radius 3 is 2.42 bits per heavy atom. The van der Waals surface area contributed by atoms with Crippen molar-refractivity contribution in [3.8, 4) is 0 Å². The van der Waals surface area contributed by atoms with E-state index in [4.69, 9.17) is 0 Å². The molecule has 0 radical (unpaired) electrons. The van der Waals surface area contributed by atoms with Crippen LogP contribution in [0.4, 0.5) is 0 Å². The van der Waals surface area contributed by atoms with Gasteiger partial charge in [0.05, 0.1) is 5.75 Å². The topological polar surface area (TPSA) is 49.4 Å². The highest BCUT2D eigenvalue weighted by molar-refractivity contribution is 9.10. The fourth-order valence-corrected chi connectivity index (χ4v) is 5.77. The van der Waals surface area contributed by atoms with E-state index in [9.17, 15) is 9.59 Å². The van der Waals surface area contributed by atoms with Crippen molar-refractivity contribution in [3.05, 3.63) is 69.2 Å². The van der Waals surface area contributed by atoms with E-state index in [1.54, 1.807) is 16.7 Å². The summed E-state index contributed by atoms with van der Waals surface area (Å²) in [5, 5.41) is 3.20. The van der Waals surface area contributed by atoms with E-state index >= 15 is 0 Å². The van der Waals surface area contributed by atoms with Crippen LogP contribution in [0.25, 0.3) is 0 Å². The van der Waals surface area contributed by atoms with Gasteiger partial charge in [0.2, 0.25) is 11.8 Å². The number of nitrogens with zero attached hydrogens (tertiary/aromatic N) is 1. The number of thioether (sulfide) groups is 1. The van der Waals surface area contributed by atoms with Gasteiger partial charge < -0.3 is 10.2 Å². The van der Waals surface area contributed by atoms with E-state index < -0.39 is 6.04 Å². The molecule has 2 amide bonds. The van der Waals surface area contributed by atoms with Crippen molar-refractivity contribution in [2.45, 2.75) is 77.3 Å². The number of hydrogen-bond donors (Lipinski definition) is 1. The second-order valence-electron chi connectivity index (χ2n) is 9.16. The summed E-state index contributed by atoms with van der Waals surface area (Å²) in [5.74, 6) is 1.07. The van der Waals surface area contributed by atoms with E-state index in [-0.39, 0.29) is 17.9 Å². The number of hydrogen-bond acceptors (Lipinski definition) is 3. The number of nitrogens with one attached hydrogen (secondary N) is 1. The SMILES string of the molecule is Cc1cc(C)cc(CSCC(=O)N(Cc2cccc(Br)c2)[C@H](C)C(=O)NC2CCCCC2)c1. The Balaban J connectivity index is 1.66. The van der Waals surface area contributed by atoms with Crippen LogP contribution in [-0.2, 0) is 21.9 Å². The summed E-state index contributed by atoms with van der Waals surface area (Å²) in [6.07, 6.45) is 5.63. The molecule has 0 aliphatic heterocycles. The van der Waals surface area contributed by atoms with Gasteiger partial charge in [-0.25, -0.2) is 0 Å². The first-order valence-electron chi connectivity index (χ1n) is 11.8. The highest BCUT2D eigenvalue weighted by Gasteiger charge is 2.28. The number of rotatable bonds is 9. The Morgan fingerprint density at radius 1 is 1.06 bits per heavy atom. The van der Waals surface area contributed by atoms with Crippen molar-refractivity contribution in [3.63, 3.8) is 0 Å². The summed E-state index contributed by atoms with van der Waals surface area (Å²) < 4.78 is 0.968. The minimum absolute atomic E-state index is 0.00403. The first-order chi connectivity index (χ1) is 15.8. The second-order valence-corrected chi connectivity index (χ2v) is 11.1. The van der Waals surface area contributed by atoms with Crippen LogP contribution < -0.4 is 5.32 Å². The third-order valence-corrected chi connectivity index (χ3v) is 7.62. The van der Waals surface area contributed by atoms with Gasteiger partial charge in [0, 0.05) is 22.8 Å². The number of halogens is 1. The summed E-state index contributed by atoms with van der Waals surface area (Å²) in [4.78, 5) is 28.1. The molecular weight excluding hydrogens is 496 g/mol. The lowest BCUT2D eigenvalue weighted by molar-refractivity contribution is -0.139. The molecule has 1 aliphatic carbocycles. The second kappa shape index (κ2) is 12.6. The molecule has 3 rings (SSSR count). The Morgan fingerprint density at radius 2 is 1.76 bits per heavy atom. The largest absolute Gasteiger partial charge is 0.352 e. The Bertz CT molecular complexity index is 939. The van der Waals surface area contributed by atoms with Gasteiger partial charge in [-0.2, -0.15) is 0 Å². The molecule has 1 fully saturated rings. The Labute approximate surface area is 211 Å². The van der Waals surface area contributed by atoms with Gasteiger partial charge >= 0.3 is 0 Å². The van der Waals surface area contributed by atoms with E-state index in [0.717, 1.165) is 41.5 Å². The van der Waals surface area contributed by atoms with Gasteiger partial charge in [0.1, 0.15) is 6.04 Å². The van der Waals surface area contributed by atoms with Gasteiger partial charge in [0.15, 0.2) is 0 Å². The first kappa shape index (κ1) is 25.8. The van der Waals surface area contributed by atoms with Gasteiger partial charge in [-0.15, -0.1) is 11.8 Å². The maximum atomic E-state index is 13.3. The third-order valence-electron chi connectivity index (χ3n) is 6.14. The van der Waals surface area contributed by atoms with Crippen LogP contribution in [0.3, 0.4) is 0 Å². The fourth-order valence-electron chi connectivity index (χ4n) is 4.47. The van der Waals surface area contributed by atoms with Crippen molar-refractivity contribution in [1.29, 1.82) is 0 Å². The standard InChI is InChI=1S/C27H35BrN2O2S/c1-19-12-20(2)14-23(13-19)17-33-18-26(31)30(16-22-8-7-9-24(28)15-22)21(3)27(32)29-25-10-5-4-6-11-25/h7-9,12-15,21,25H,4-6,10-11,16-18H2,1-3H3,(H,29,32)/t21-/m1/s1. The lowest BCUT2D eigenvalue weighted by Gasteiger charge is -2.31. The normalized spacial score (nSPS) is 15.2. The molecule has 33 heavy (non-hydrogen) atoms. The zero-order valence-corrected chi connectivity index (χ0v) is 22.3. The summed E-state index contributed by atoms with van der Waals surface area (Å²) in [5.41, 5.74) is 4.71. The highest BCUT2D eigenvalue weighted by atomic mass is 79.9. The zero-order chi connectivity index (χ0) is 23.8. The van der Waals surface area contributed by atoms with Crippen LogP contribution >= 0.6 is 27.7 Å². The number of carbonyl (C=O) groups excluding carboxylic acids is 2. The molecule has 0 spiro atoms. The van der Waals surface area contributed by atoms with Gasteiger partial charge in [-0.3, -0.25) is 9.59 Å². The number of amides is 2. The zero-order valence-electron chi connectivity index (χ0n) is 19.9. The molecule has 2 aromatic carbocycles. The molecule has 1 aliphatic rings. The monoisotopic (exact) mass is 530 g/mol. The van der Waals surface area contributed by atoms with Crippen LogP contribution in [0.1, 0.15) is 61.3 Å². The van der Waals surface area contributed by atoms with Crippen LogP contribution in [0.5, 0.6) is 0 Å². The maximum absolute atomic E-state index is 13.3. The van der Waals surface area contributed by atoms with Crippen molar-refractivity contribution in [2.24, 2.45) is 0 Å². The molecule has 0 saturated heterocycles. The van der Waals surface area contributed by atoms with Gasteiger partial charge in [-0.1, -0.05) is 76.7 Å². The molecule has 1 atom stereocenters. The minimum Gasteiger partial charge on any atom is -0.352 e. The molecule has 1 saturated carbocycles. The lowest BCUT2D eigenvalue weighted by atomic mass is 9.95. The molecular formula is C27H35BrN2O2S. The number of aryl methyl sites for hydroxylation is 2. The molecule has 178 valence electrons. The molecule has 0 heterocycles. The molecule has 0 unspecified atom stereocenters. The predicted molar refractivity (Wildman–Crippen MR) is 141 cm³/mol. The summed E-state index contributed by atoms with van der Waals surface area (Å²) in [6.45, 7) is 6.46. The van der Waals surface area contributed by atoms with Crippen LogP contribution in [0.15, 0.2) is 46.9 Å². The number of carbonyl (C=O) groups is 2. The van der Waals surface area contributed by atoms with Crippen LogP contribution in [-0.4, -0.2) is 34.6 Å². The molecule has 4 nitrogen and oxygen atoms in total. The van der Waals surface area contributed by atoms with Crippen molar-refractivity contribution in [2.75, 3.05) is 5.75 Å². The molecule has 0 bridgehead atoms. The molecule has 2 aromatic rings. The van der Waals surface area contributed by atoms with Crippen molar-refractivity contribution in [1.82, 2.24) is 10.2 Å². The van der Waals surface area contributed by atoms with Crippen molar-refractivity contribution < 1.29 is 9.59 Å². The third kappa shape index (κ3) is 8.18. The molecule has 0 aromatic heterocycles. The summed E-state index contributed by atoms with van der Waals surface area (Å²) in [7, 11) is 0. The average Bonchev–Trinajstić information content (AvgIpc) is 2.77. The van der Waals surface area contributed by atoms with Crippen molar-refractivity contribution >= 4 is 39.5 Å².